The van der Waals surface area contributed by atoms with Gasteiger partial charge in [0.05, 0.1) is 11.3 Å². The number of nitrogens with one attached hydrogen (secondary N) is 1. The Kier molecular flexibility index (Phi) is 7.54. The summed E-state index contributed by atoms with van der Waals surface area (Å²) in [5.74, 6) is -0.803. The van der Waals surface area contributed by atoms with Gasteiger partial charge in [-0.2, -0.15) is 13.2 Å². The van der Waals surface area contributed by atoms with Crippen molar-refractivity contribution in [2.45, 2.75) is 31.7 Å². The Balaban J connectivity index is 1.83. The summed E-state index contributed by atoms with van der Waals surface area (Å²) in [6, 6.07) is 8.70. The Bertz CT molecular complexity index is 1130. The molecule has 1 saturated heterocycles. The lowest BCUT2D eigenvalue weighted by Gasteiger charge is -2.15. The number of alkyl halides is 3. The van der Waals surface area contributed by atoms with E-state index in [0.717, 1.165) is 35.0 Å². The zero-order valence-electron chi connectivity index (χ0n) is 17.9. The molecule has 1 atom stereocenters. The molecule has 2 aromatic carbocycles. The monoisotopic (exact) mass is 495 g/mol. The molecule has 1 aliphatic heterocycles. The molecule has 0 saturated carbocycles. The molecule has 2 aromatic rings. The van der Waals surface area contributed by atoms with Crippen LogP contribution in [0.25, 0.3) is 0 Å². The second kappa shape index (κ2) is 10.0. The Labute approximate surface area is 198 Å². The standard InChI is InChI=1S/C23H21ClF3N3O2S/c1-4-9-30-21(32)19(12-20(31)28-16-7-5-13(2)14(3)10-16)33-22(30)29-18-8-6-15(24)11-17(18)23(25,26)27/h4-8,10-11,19H,1,9,12H2,2-3H3,(H,28,31)/t19-/m1/s1. The number of rotatable bonds is 6. The summed E-state index contributed by atoms with van der Waals surface area (Å²) in [7, 11) is 0. The molecule has 0 aliphatic carbocycles. The number of benzene rings is 2. The third-order valence-electron chi connectivity index (χ3n) is 4.97. The first-order chi connectivity index (χ1) is 15.5. The fraction of sp³-hybridized carbons (Fsp3) is 0.261. The van der Waals surface area contributed by atoms with Gasteiger partial charge in [-0.1, -0.05) is 35.5 Å². The maximum Gasteiger partial charge on any atom is 0.418 e. The number of amides is 2. The van der Waals surface area contributed by atoms with Crippen molar-refractivity contribution in [2.75, 3.05) is 11.9 Å². The lowest BCUT2D eigenvalue weighted by Crippen LogP contribution is -2.33. The molecular formula is C23H21ClF3N3O2S. The van der Waals surface area contributed by atoms with Crippen molar-refractivity contribution in [1.82, 2.24) is 4.90 Å². The molecule has 174 valence electrons. The number of hydrogen-bond acceptors (Lipinski definition) is 4. The van der Waals surface area contributed by atoms with E-state index in [-0.39, 0.29) is 34.8 Å². The normalized spacial score (nSPS) is 17.5. The molecule has 3 rings (SSSR count). The summed E-state index contributed by atoms with van der Waals surface area (Å²) in [5, 5.41) is 1.92. The number of aryl methyl sites for hydroxylation is 2. The van der Waals surface area contributed by atoms with Gasteiger partial charge >= 0.3 is 6.18 Å². The maximum atomic E-state index is 13.4. The third kappa shape index (κ3) is 5.97. The van der Waals surface area contributed by atoms with Crippen molar-refractivity contribution in [3.63, 3.8) is 0 Å². The molecule has 5 nitrogen and oxygen atoms in total. The van der Waals surface area contributed by atoms with Gasteiger partial charge in [-0.25, -0.2) is 4.99 Å². The Hall–Kier alpha value is -2.78. The van der Waals surface area contributed by atoms with Crippen molar-refractivity contribution in [3.05, 3.63) is 70.8 Å². The van der Waals surface area contributed by atoms with Crippen molar-refractivity contribution in [1.29, 1.82) is 0 Å². The number of nitrogens with zero attached hydrogens (tertiary/aromatic N) is 2. The van der Waals surface area contributed by atoms with Gasteiger partial charge in [0.25, 0.3) is 0 Å². The van der Waals surface area contributed by atoms with E-state index < -0.39 is 22.9 Å². The van der Waals surface area contributed by atoms with Gasteiger partial charge in [0.2, 0.25) is 11.8 Å². The summed E-state index contributed by atoms with van der Waals surface area (Å²) in [6.45, 7) is 7.51. The molecule has 2 amide bonds. The van der Waals surface area contributed by atoms with E-state index in [1.807, 2.05) is 26.0 Å². The third-order valence-corrected chi connectivity index (χ3v) is 6.38. The molecule has 10 heteroatoms. The van der Waals surface area contributed by atoms with Crippen LogP contribution in [0.1, 0.15) is 23.1 Å². The first-order valence-electron chi connectivity index (χ1n) is 9.91. The van der Waals surface area contributed by atoms with Gasteiger partial charge in [0, 0.05) is 23.7 Å². The quantitative estimate of drug-likeness (QED) is 0.491. The van der Waals surface area contributed by atoms with E-state index in [1.165, 1.54) is 17.0 Å². The van der Waals surface area contributed by atoms with E-state index in [4.69, 9.17) is 11.6 Å². The Morgan fingerprint density at radius 2 is 1.97 bits per heavy atom. The number of carbonyl (C=O) groups is 2. The van der Waals surface area contributed by atoms with Crippen molar-refractivity contribution >= 4 is 51.7 Å². The molecule has 0 unspecified atom stereocenters. The van der Waals surface area contributed by atoms with E-state index >= 15 is 0 Å². The molecule has 33 heavy (non-hydrogen) atoms. The van der Waals surface area contributed by atoms with Crippen LogP contribution >= 0.6 is 23.4 Å². The second-order valence-corrected chi connectivity index (χ2v) is 9.06. The highest BCUT2D eigenvalue weighted by atomic mass is 35.5. The Morgan fingerprint density at radius 1 is 1.24 bits per heavy atom. The smallest absolute Gasteiger partial charge is 0.326 e. The van der Waals surface area contributed by atoms with E-state index in [1.54, 1.807) is 6.07 Å². The molecule has 0 spiro atoms. The van der Waals surface area contributed by atoms with Gasteiger partial charge in [0.1, 0.15) is 5.25 Å². The minimum Gasteiger partial charge on any atom is -0.326 e. The van der Waals surface area contributed by atoms with Crippen molar-refractivity contribution in [3.8, 4) is 0 Å². The predicted molar refractivity (Wildman–Crippen MR) is 126 cm³/mol. The number of hydrogen-bond donors (Lipinski definition) is 1. The minimum absolute atomic E-state index is 0.0505. The Morgan fingerprint density at radius 3 is 2.61 bits per heavy atom. The van der Waals surface area contributed by atoms with Gasteiger partial charge in [-0.15, -0.1) is 6.58 Å². The number of amidine groups is 1. The van der Waals surface area contributed by atoms with Crippen LogP contribution in [0, 0.1) is 13.8 Å². The van der Waals surface area contributed by atoms with Crippen LogP contribution in [0.4, 0.5) is 24.5 Å². The van der Waals surface area contributed by atoms with Crippen molar-refractivity contribution in [2.24, 2.45) is 4.99 Å². The number of aliphatic imine (C=N–C) groups is 1. The molecule has 0 radical (unpaired) electrons. The van der Waals surface area contributed by atoms with Crippen LogP contribution in [-0.2, 0) is 15.8 Å². The van der Waals surface area contributed by atoms with E-state index in [2.05, 4.69) is 16.9 Å². The van der Waals surface area contributed by atoms with Gasteiger partial charge in [0.15, 0.2) is 5.17 Å². The number of halogens is 4. The van der Waals surface area contributed by atoms with Crippen LogP contribution in [-0.4, -0.2) is 33.7 Å². The number of anilines is 1. The topological polar surface area (TPSA) is 61.8 Å². The van der Waals surface area contributed by atoms with Crippen LogP contribution in [0.5, 0.6) is 0 Å². The van der Waals surface area contributed by atoms with Crippen LogP contribution in [0.3, 0.4) is 0 Å². The highest BCUT2D eigenvalue weighted by Crippen LogP contribution is 2.40. The van der Waals surface area contributed by atoms with Crippen LogP contribution in [0.2, 0.25) is 5.02 Å². The summed E-state index contributed by atoms with van der Waals surface area (Å²) in [4.78, 5) is 30.7. The van der Waals surface area contributed by atoms with E-state index in [9.17, 15) is 22.8 Å². The lowest BCUT2D eigenvalue weighted by molar-refractivity contribution is -0.137. The molecule has 0 bridgehead atoms. The van der Waals surface area contributed by atoms with Crippen LogP contribution in [0.15, 0.2) is 54.0 Å². The SMILES string of the molecule is C=CCN1C(=O)[C@@H](CC(=O)Nc2ccc(C)c(C)c2)SC1=Nc1ccc(Cl)cc1C(F)(F)F. The number of thioether (sulfide) groups is 1. The summed E-state index contributed by atoms with van der Waals surface area (Å²) in [6.07, 6.45) is -3.39. The summed E-state index contributed by atoms with van der Waals surface area (Å²) >= 11 is 6.68. The molecule has 1 N–H and O–H groups in total. The molecule has 1 aliphatic rings. The zero-order valence-corrected chi connectivity index (χ0v) is 19.4. The average molecular weight is 496 g/mol. The second-order valence-electron chi connectivity index (χ2n) is 7.45. The molecule has 0 aromatic heterocycles. The fourth-order valence-electron chi connectivity index (χ4n) is 3.16. The van der Waals surface area contributed by atoms with Crippen molar-refractivity contribution < 1.29 is 22.8 Å². The minimum atomic E-state index is -4.67. The maximum absolute atomic E-state index is 13.4. The van der Waals surface area contributed by atoms with Crippen LogP contribution < -0.4 is 5.32 Å². The fourth-order valence-corrected chi connectivity index (χ4v) is 4.49. The van der Waals surface area contributed by atoms with Gasteiger partial charge in [-0.05, 0) is 55.3 Å². The molecular weight excluding hydrogens is 475 g/mol. The van der Waals surface area contributed by atoms with E-state index in [0.29, 0.717) is 5.69 Å². The van der Waals surface area contributed by atoms with Gasteiger partial charge in [-0.3, -0.25) is 14.5 Å². The number of carbonyl (C=O) groups excluding carboxylic acids is 2. The predicted octanol–water partition coefficient (Wildman–Crippen LogP) is 6.12. The first-order valence-corrected chi connectivity index (χ1v) is 11.2. The highest BCUT2D eigenvalue weighted by Gasteiger charge is 2.40. The lowest BCUT2D eigenvalue weighted by atomic mass is 10.1. The molecule has 1 fully saturated rings. The van der Waals surface area contributed by atoms with Gasteiger partial charge < -0.3 is 5.32 Å². The molecule has 1 heterocycles. The summed E-state index contributed by atoms with van der Waals surface area (Å²) < 4.78 is 40.3. The zero-order chi connectivity index (χ0) is 24.3. The first kappa shape index (κ1) is 24.9. The summed E-state index contributed by atoms with van der Waals surface area (Å²) in [5.41, 5.74) is 1.32. The average Bonchev–Trinajstić information content (AvgIpc) is 3.00. The largest absolute Gasteiger partial charge is 0.418 e. The highest BCUT2D eigenvalue weighted by molar-refractivity contribution is 8.15.